The van der Waals surface area contributed by atoms with Crippen LogP contribution in [0.5, 0.6) is 0 Å². The van der Waals surface area contributed by atoms with Crippen LogP contribution in [0.3, 0.4) is 0 Å². The Kier molecular flexibility index (Phi) is 20.5. The van der Waals surface area contributed by atoms with Gasteiger partial charge in [0.2, 0.25) is 13.6 Å². The summed E-state index contributed by atoms with van der Waals surface area (Å²) in [6, 6.07) is -2.74. The van der Waals surface area contributed by atoms with Crippen LogP contribution in [0.2, 0.25) is 0 Å². The quantitative estimate of drug-likeness (QED) is 0.0248. The fourth-order valence-corrected chi connectivity index (χ4v) is 12.6. The molecule has 0 saturated carbocycles. The highest BCUT2D eigenvalue weighted by Crippen LogP contribution is 2.42. The third-order valence-electron chi connectivity index (χ3n) is 11.5. The van der Waals surface area contributed by atoms with Crippen molar-refractivity contribution < 1.29 is 67.0 Å². The van der Waals surface area contributed by atoms with Gasteiger partial charge in [0.05, 0.1) is 43.0 Å². The minimum absolute atomic E-state index is 0.0603. The number of β-lactam (4-membered cyclic amide) rings is 1. The first-order valence-corrected chi connectivity index (χ1v) is 29.9. The molecule has 4 aromatic rings. The molecule has 4 amide bonds. The number of fused-ring (bicyclic) bond motifs is 1. The molecular formula is C50H56N12O14S6. The van der Waals surface area contributed by atoms with E-state index >= 15 is 0 Å². The van der Waals surface area contributed by atoms with Crippen LogP contribution in [0.4, 0.5) is 10.3 Å². The topological polar surface area (TPSA) is 346 Å². The molecule has 0 aromatic carbocycles. The van der Waals surface area contributed by atoms with Crippen molar-refractivity contribution in [2.45, 2.75) is 78.2 Å². The number of amides is 4. The molecule has 26 nitrogen and oxygen atoms in total. The second kappa shape index (κ2) is 27.0. The van der Waals surface area contributed by atoms with Gasteiger partial charge in [0.15, 0.2) is 21.7 Å². The molecule has 7 rings (SSSR count). The third-order valence-corrected chi connectivity index (χ3v) is 17.6. The van der Waals surface area contributed by atoms with Gasteiger partial charge >= 0.3 is 23.9 Å². The van der Waals surface area contributed by atoms with Crippen LogP contribution in [-0.4, -0.2) is 146 Å². The summed E-state index contributed by atoms with van der Waals surface area (Å²) in [6.45, 7) is 12.0. The van der Waals surface area contributed by atoms with Crippen molar-refractivity contribution in [3.8, 4) is 0 Å². The Morgan fingerprint density at radius 1 is 0.744 bits per heavy atom. The van der Waals surface area contributed by atoms with Gasteiger partial charge in [0.1, 0.15) is 48.4 Å². The second-order valence-electron chi connectivity index (χ2n) is 19.5. The lowest BCUT2D eigenvalue weighted by atomic mass is 9.97. The van der Waals surface area contributed by atoms with Crippen LogP contribution in [-0.2, 0) is 67.0 Å². The van der Waals surface area contributed by atoms with Gasteiger partial charge in [-0.1, -0.05) is 45.1 Å². The number of hydrogen-bond donors (Lipinski definition) is 5. The molecular weight excluding hydrogens is 1190 g/mol. The fraction of sp³-hybridized carbons (Fsp3) is 0.400. The zero-order chi connectivity index (χ0) is 59.6. The van der Waals surface area contributed by atoms with Gasteiger partial charge < -0.3 is 55.6 Å². The number of aromatic nitrogens is 4. The van der Waals surface area contributed by atoms with E-state index in [0.29, 0.717) is 11.1 Å². The maximum atomic E-state index is 14.7. The summed E-state index contributed by atoms with van der Waals surface area (Å²) in [7, 11) is 2.40. The highest BCUT2D eigenvalue weighted by Gasteiger charge is 2.55. The van der Waals surface area contributed by atoms with Crippen molar-refractivity contribution in [2.24, 2.45) is 21.1 Å². The standard InChI is InChI=1S/C50H56N12O14S6/c1-23-27(79-19-54-23)13-11-25-17-77-40(58-31(25)43(67)73-21-75-45(69)49(3,4)5)34(56-37(63)32(60-71-9)29-15-52-47(51)81-29)39(65)59-48-53-16-30(82-48)33(61-72-10)38(64)57-35-41(66)62-36(44(68)74-22-76-46(70)50(6,7)8)26(18-78-42(35)62)12-14-28-24(2)55-20-80-28/h11-16,19-20,34-35,40,42,58H,17-18,21-22H2,1-10H3,(H2,51,52)(H,56,63)(H,57,64)(H,53,59,65)/b13-11-,14-12-,60-32-,61-33-. The van der Waals surface area contributed by atoms with Crippen molar-refractivity contribution in [3.05, 3.63) is 89.0 Å². The first-order valence-electron chi connectivity index (χ1n) is 24.4. The molecule has 32 heteroatoms. The summed E-state index contributed by atoms with van der Waals surface area (Å²) in [5.41, 5.74) is 8.95. The molecule has 4 unspecified atom stereocenters. The number of aryl methyl sites for hydroxylation is 2. The molecule has 0 aliphatic carbocycles. The second-order valence-corrected chi connectivity index (χ2v) is 25.6. The number of ether oxygens (including phenoxy) is 4. The number of thiazole rings is 4. The summed E-state index contributed by atoms with van der Waals surface area (Å²) >= 11 is 6.87. The molecule has 4 aromatic heterocycles. The number of anilines is 2. The van der Waals surface area contributed by atoms with Crippen LogP contribution < -0.4 is 27.0 Å². The molecule has 0 radical (unpaired) electrons. The number of carbonyl (C=O) groups is 8. The Labute approximate surface area is 493 Å². The number of allylic oxidation sites excluding steroid dienone is 2. The first kappa shape index (κ1) is 62.1. The smallest absolute Gasteiger partial charge is 0.358 e. The number of nitrogens with two attached hydrogens (primary N) is 1. The summed E-state index contributed by atoms with van der Waals surface area (Å²) in [5, 5.41) is 17.0. The molecule has 1 fully saturated rings. The Bertz CT molecular complexity index is 3330. The number of oxime groups is 2. The van der Waals surface area contributed by atoms with Gasteiger partial charge in [0.25, 0.3) is 23.6 Å². The van der Waals surface area contributed by atoms with Crippen LogP contribution in [0.25, 0.3) is 12.2 Å². The van der Waals surface area contributed by atoms with E-state index in [1.807, 2.05) is 13.8 Å². The summed E-state index contributed by atoms with van der Waals surface area (Å²) in [6.07, 6.45) is 9.41. The number of thioether (sulfide) groups is 2. The third kappa shape index (κ3) is 15.1. The number of esters is 4. The number of rotatable bonds is 21. The molecule has 4 atom stereocenters. The Morgan fingerprint density at radius 2 is 1.29 bits per heavy atom. The van der Waals surface area contributed by atoms with Crippen molar-refractivity contribution in [1.29, 1.82) is 0 Å². The number of nitrogens with one attached hydrogen (secondary N) is 4. The van der Waals surface area contributed by atoms with Gasteiger partial charge in [-0.25, -0.2) is 29.5 Å². The summed E-state index contributed by atoms with van der Waals surface area (Å²) < 4.78 is 21.2. The molecule has 82 heavy (non-hydrogen) atoms. The van der Waals surface area contributed by atoms with Gasteiger partial charge in [-0.2, -0.15) is 0 Å². The Morgan fingerprint density at radius 3 is 1.84 bits per heavy atom. The SMILES string of the molecule is CO/N=C(\C(=O)NC(C(=O)Nc1ncc(/C(=N/OC)C(=O)NC2C(=O)N3C(C(=O)OCOC(=O)C(C)(C)C)=C(/C=C\c4scnc4C)CSC23)s1)C1NC(C(=O)OCOC(=O)C(C)(C)C)=C(/C=C\c2scnc2C)CS1)c1cnc(N)s1. The molecule has 0 bridgehead atoms. The minimum atomic E-state index is -1.56. The van der Waals surface area contributed by atoms with E-state index in [0.717, 1.165) is 55.6 Å². The number of nitrogens with zero attached hydrogens (tertiary/aromatic N) is 7. The van der Waals surface area contributed by atoms with Crippen LogP contribution in [0.15, 0.2) is 68.4 Å². The first-order chi connectivity index (χ1) is 38.9. The van der Waals surface area contributed by atoms with E-state index in [1.54, 1.807) is 76.9 Å². The molecule has 3 aliphatic heterocycles. The molecule has 1 saturated heterocycles. The highest BCUT2D eigenvalue weighted by molar-refractivity contribution is 8.00. The monoisotopic (exact) mass is 1240 g/mol. The predicted molar refractivity (Wildman–Crippen MR) is 310 cm³/mol. The largest absolute Gasteiger partial charge is 0.427 e. The van der Waals surface area contributed by atoms with Crippen LogP contribution in [0, 0.1) is 24.7 Å². The van der Waals surface area contributed by atoms with Crippen LogP contribution >= 0.6 is 68.9 Å². The van der Waals surface area contributed by atoms with Gasteiger partial charge in [-0.05, 0) is 78.7 Å². The highest BCUT2D eigenvalue weighted by atomic mass is 32.2. The molecule has 7 heterocycles. The molecule has 436 valence electrons. The van der Waals surface area contributed by atoms with Crippen molar-refractivity contribution in [2.75, 3.05) is 50.4 Å². The Balaban J connectivity index is 1.12. The number of nitrogen functional groups attached to an aromatic ring is 1. The van der Waals surface area contributed by atoms with Gasteiger partial charge in [0, 0.05) is 33.7 Å². The number of hydrogen-bond acceptors (Lipinski definition) is 28. The fourth-order valence-electron chi connectivity index (χ4n) is 7.23. The average Bonchev–Trinajstić information content (AvgIpc) is 4.42. The normalized spacial score (nSPS) is 18.0. The maximum absolute atomic E-state index is 14.7. The Hall–Kier alpha value is -7.52. The summed E-state index contributed by atoms with van der Waals surface area (Å²) in [4.78, 5) is 140. The number of carbonyl (C=O) groups excluding carboxylic acids is 8. The van der Waals surface area contributed by atoms with E-state index in [1.165, 1.54) is 65.9 Å². The zero-order valence-electron chi connectivity index (χ0n) is 45.6. The van der Waals surface area contributed by atoms with E-state index < -0.39 is 94.8 Å². The lowest BCUT2D eigenvalue weighted by Gasteiger charge is -2.49. The molecule has 0 spiro atoms. The van der Waals surface area contributed by atoms with E-state index in [9.17, 15) is 38.4 Å². The average molecular weight is 1240 g/mol. The zero-order valence-corrected chi connectivity index (χ0v) is 50.5. The van der Waals surface area contributed by atoms with Crippen LogP contribution in [0.1, 0.15) is 72.4 Å². The van der Waals surface area contributed by atoms with Crippen molar-refractivity contribution >= 4 is 150 Å². The van der Waals surface area contributed by atoms with Gasteiger partial charge in [-0.15, -0.1) is 46.2 Å². The van der Waals surface area contributed by atoms with E-state index in [2.05, 4.69) is 51.5 Å². The van der Waals surface area contributed by atoms with Gasteiger partial charge in [-0.3, -0.25) is 33.7 Å². The summed E-state index contributed by atoms with van der Waals surface area (Å²) in [5.74, 6) is -6.16. The minimum Gasteiger partial charge on any atom is -0.427 e. The molecule has 3 aliphatic rings. The van der Waals surface area contributed by atoms with E-state index in [4.69, 9.17) is 34.4 Å². The predicted octanol–water partition coefficient (Wildman–Crippen LogP) is 4.71. The van der Waals surface area contributed by atoms with Crippen molar-refractivity contribution in [1.82, 2.24) is 40.8 Å². The lowest BCUT2D eigenvalue weighted by Crippen LogP contribution is -2.71. The maximum Gasteiger partial charge on any atom is 0.358 e. The molecule has 6 N–H and O–H groups in total. The van der Waals surface area contributed by atoms with Crippen molar-refractivity contribution in [3.63, 3.8) is 0 Å². The lowest BCUT2D eigenvalue weighted by molar-refractivity contribution is -0.174. The van der Waals surface area contributed by atoms with E-state index in [-0.39, 0.29) is 54.3 Å².